The first kappa shape index (κ1) is 17.1. The van der Waals surface area contributed by atoms with Gasteiger partial charge >= 0.3 is 0 Å². The number of pyridine rings is 1. The summed E-state index contributed by atoms with van der Waals surface area (Å²) in [7, 11) is 0. The van der Waals surface area contributed by atoms with Crippen molar-refractivity contribution in [2.24, 2.45) is 5.92 Å². The number of aromatic nitrogens is 2. The van der Waals surface area contributed by atoms with Gasteiger partial charge in [0.05, 0.1) is 5.92 Å². The first-order chi connectivity index (χ1) is 11.6. The van der Waals surface area contributed by atoms with Crippen molar-refractivity contribution < 1.29 is 4.79 Å². The highest BCUT2D eigenvalue weighted by Crippen LogP contribution is 2.34. The van der Waals surface area contributed by atoms with Crippen LogP contribution in [0.25, 0.3) is 0 Å². The number of carbonyl (C=O) groups is 1. The average Bonchev–Trinajstić information content (AvgIpc) is 2.97. The molecule has 9 heteroatoms. The van der Waals surface area contributed by atoms with Crippen LogP contribution in [0.15, 0.2) is 22.8 Å². The van der Waals surface area contributed by atoms with Gasteiger partial charge in [0.25, 0.3) is 0 Å². The Bertz CT molecular complexity index is 788. The van der Waals surface area contributed by atoms with E-state index in [-0.39, 0.29) is 17.0 Å². The van der Waals surface area contributed by atoms with Gasteiger partial charge in [-0.2, -0.15) is 9.64 Å². The first-order valence-corrected chi connectivity index (χ1v) is 9.25. The lowest BCUT2D eigenvalue weighted by atomic mass is 9.97. The van der Waals surface area contributed by atoms with Crippen LogP contribution in [0.2, 0.25) is 5.15 Å². The minimum Gasteiger partial charge on any atom is -0.360 e. The highest BCUT2D eigenvalue weighted by molar-refractivity contribution is 9.10. The van der Waals surface area contributed by atoms with Gasteiger partial charge < -0.3 is 10.2 Å². The number of carbonyl (C=O) groups excluding carboxylic acids is 1. The quantitative estimate of drug-likeness (QED) is 0.809. The van der Waals surface area contributed by atoms with Crippen LogP contribution >= 0.6 is 39.1 Å². The van der Waals surface area contributed by atoms with E-state index in [1.54, 1.807) is 12.3 Å². The van der Waals surface area contributed by atoms with Crippen LogP contribution in [0, 0.1) is 17.2 Å². The number of nitrogens with one attached hydrogen (secondary N) is 1. The third-order valence-corrected chi connectivity index (χ3v) is 5.55. The third kappa shape index (κ3) is 3.69. The molecule has 3 heterocycles. The molecular weight excluding hydrogens is 414 g/mol. The number of hydrogen-bond acceptors (Lipinski definition) is 6. The SMILES string of the molecule is N#Cc1c(Cl)nsc1N1CCCC(C(=O)Nc2ccc(Br)cn2)C1. The Hall–Kier alpha value is -1.69. The molecule has 24 heavy (non-hydrogen) atoms. The molecular formula is C15H13BrClN5OS. The van der Waals surface area contributed by atoms with Crippen LogP contribution < -0.4 is 10.2 Å². The van der Waals surface area contributed by atoms with E-state index < -0.39 is 0 Å². The van der Waals surface area contributed by atoms with E-state index in [1.807, 2.05) is 11.0 Å². The Morgan fingerprint density at radius 1 is 1.54 bits per heavy atom. The first-order valence-electron chi connectivity index (χ1n) is 7.31. The molecule has 6 nitrogen and oxygen atoms in total. The lowest BCUT2D eigenvalue weighted by Crippen LogP contribution is -2.40. The van der Waals surface area contributed by atoms with E-state index in [0.717, 1.165) is 28.9 Å². The third-order valence-electron chi connectivity index (χ3n) is 3.80. The van der Waals surface area contributed by atoms with Crippen molar-refractivity contribution >= 4 is 55.8 Å². The van der Waals surface area contributed by atoms with E-state index in [4.69, 9.17) is 11.6 Å². The number of piperidine rings is 1. The number of rotatable bonds is 3. The summed E-state index contributed by atoms with van der Waals surface area (Å²) in [4.78, 5) is 18.7. The Morgan fingerprint density at radius 3 is 3.08 bits per heavy atom. The van der Waals surface area contributed by atoms with Gasteiger partial charge in [0.1, 0.15) is 22.5 Å². The average molecular weight is 427 g/mol. The molecule has 2 aromatic heterocycles. The van der Waals surface area contributed by atoms with Crippen molar-refractivity contribution in [1.29, 1.82) is 5.26 Å². The van der Waals surface area contributed by atoms with Gasteiger partial charge in [0.15, 0.2) is 5.15 Å². The summed E-state index contributed by atoms with van der Waals surface area (Å²) in [5.74, 6) is 0.291. The molecule has 0 aromatic carbocycles. The van der Waals surface area contributed by atoms with E-state index in [9.17, 15) is 10.1 Å². The van der Waals surface area contributed by atoms with Crippen molar-refractivity contribution in [2.45, 2.75) is 12.8 Å². The summed E-state index contributed by atoms with van der Waals surface area (Å²) in [5.41, 5.74) is 0.386. The Balaban J connectivity index is 1.70. The van der Waals surface area contributed by atoms with Gasteiger partial charge in [-0.05, 0) is 52.4 Å². The van der Waals surface area contributed by atoms with Crippen LogP contribution in [-0.4, -0.2) is 28.4 Å². The number of hydrogen-bond donors (Lipinski definition) is 1. The molecule has 1 aliphatic heterocycles. The molecule has 1 aliphatic rings. The smallest absolute Gasteiger partial charge is 0.230 e. The lowest BCUT2D eigenvalue weighted by molar-refractivity contribution is -0.120. The molecule has 0 spiro atoms. The minimum atomic E-state index is -0.170. The molecule has 0 aliphatic carbocycles. The van der Waals surface area contributed by atoms with Crippen molar-refractivity contribution in [3.63, 3.8) is 0 Å². The molecule has 0 bridgehead atoms. The highest BCUT2D eigenvalue weighted by atomic mass is 79.9. The maximum Gasteiger partial charge on any atom is 0.230 e. The molecule has 0 saturated carbocycles. The Labute approximate surface area is 156 Å². The molecule has 3 rings (SSSR count). The summed E-state index contributed by atoms with van der Waals surface area (Å²) < 4.78 is 4.89. The zero-order valence-corrected chi connectivity index (χ0v) is 15.7. The van der Waals surface area contributed by atoms with E-state index >= 15 is 0 Å². The van der Waals surface area contributed by atoms with E-state index in [0.29, 0.717) is 17.9 Å². The fourth-order valence-corrected chi connectivity index (χ4v) is 3.92. The molecule has 0 radical (unpaired) electrons. The summed E-state index contributed by atoms with van der Waals surface area (Å²) in [6.07, 6.45) is 3.31. The monoisotopic (exact) mass is 425 g/mol. The van der Waals surface area contributed by atoms with Crippen molar-refractivity contribution in [3.05, 3.63) is 33.5 Å². The molecule has 1 unspecified atom stereocenters. The molecule has 1 atom stereocenters. The molecule has 124 valence electrons. The zero-order valence-electron chi connectivity index (χ0n) is 12.5. The second kappa shape index (κ2) is 7.47. The normalized spacial score (nSPS) is 17.4. The van der Waals surface area contributed by atoms with Crippen LogP contribution in [0.3, 0.4) is 0 Å². The highest BCUT2D eigenvalue weighted by Gasteiger charge is 2.29. The summed E-state index contributed by atoms with van der Waals surface area (Å²) in [5, 5.41) is 13.0. The van der Waals surface area contributed by atoms with Crippen LogP contribution in [-0.2, 0) is 4.79 Å². The molecule has 1 N–H and O–H groups in total. The molecule has 1 saturated heterocycles. The standard InChI is InChI=1S/C15H13BrClN5OS/c16-10-3-4-12(19-7-10)20-14(23)9-2-1-5-22(8-9)15-11(6-18)13(17)21-24-15/h3-4,7,9H,1-2,5,8H2,(H,19,20,23). The maximum absolute atomic E-state index is 12.5. The molecule has 1 fully saturated rings. The summed E-state index contributed by atoms with van der Waals surface area (Å²) in [6, 6.07) is 5.67. The van der Waals surface area contributed by atoms with Crippen LogP contribution in [0.4, 0.5) is 10.8 Å². The largest absolute Gasteiger partial charge is 0.360 e. The predicted octanol–water partition coefficient (Wildman–Crippen LogP) is 3.68. The second-order valence-electron chi connectivity index (χ2n) is 5.40. The van der Waals surface area contributed by atoms with Gasteiger partial charge in [-0.3, -0.25) is 4.79 Å². The lowest BCUT2D eigenvalue weighted by Gasteiger charge is -2.32. The fraction of sp³-hybridized carbons (Fsp3) is 0.333. The molecule has 1 amide bonds. The van der Waals surface area contributed by atoms with Crippen LogP contribution in [0.5, 0.6) is 0 Å². The van der Waals surface area contributed by atoms with Crippen molar-refractivity contribution in [1.82, 2.24) is 9.36 Å². The number of halogens is 2. The van der Waals surface area contributed by atoms with Crippen molar-refractivity contribution in [2.75, 3.05) is 23.3 Å². The van der Waals surface area contributed by atoms with Gasteiger partial charge in [0.2, 0.25) is 5.91 Å². The van der Waals surface area contributed by atoms with E-state index in [2.05, 4.69) is 36.7 Å². The number of nitriles is 1. The topological polar surface area (TPSA) is 81.9 Å². The van der Waals surface area contributed by atoms with Crippen LogP contribution in [0.1, 0.15) is 18.4 Å². The van der Waals surface area contributed by atoms with Gasteiger partial charge in [0, 0.05) is 23.8 Å². The minimum absolute atomic E-state index is 0.0661. The maximum atomic E-state index is 12.5. The predicted molar refractivity (Wildman–Crippen MR) is 97.3 cm³/mol. The zero-order chi connectivity index (χ0) is 17.1. The van der Waals surface area contributed by atoms with E-state index in [1.165, 1.54) is 11.5 Å². The van der Waals surface area contributed by atoms with Gasteiger partial charge in [-0.25, -0.2) is 4.98 Å². The van der Waals surface area contributed by atoms with Gasteiger partial charge in [-0.15, -0.1) is 0 Å². The fourth-order valence-electron chi connectivity index (χ4n) is 2.63. The summed E-state index contributed by atoms with van der Waals surface area (Å²) in [6.45, 7) is 1.32. The Morgan fingerprint density at radius 2 is 2.38 bits per heavy atom. The number of amides is 1. The van der Waals surface area contributed by atoms with Gasteiger partial charge in [-0.1, -0.05) is 11.6 Å². The molecule has 2 aromatic rings. The Kier molecular flexibility index (Phi) is 5.33. The number of anilines is 2. The van der Waals surface area contributed by atoms with Crippen molar-refractivity contribution in [3.8, 4) is 6.07 Å². The number of nitrogens with zero attached hydrogens (tertiary/aromatic N) is 4. The summed E-state index contributed by atoms with van der Waals surface area (Å²) >= 11 is 10.5. The second-order valence-corrected chi connectivity index (χ2v) is 7.43.